The van der Waals surface area contributed by atoms with E-state index in [9.17, 15) is 0 Å². The molecule has 0 bridgehead atoms. The molecular weight excluding hydrogens is 190 g/mol. The Labute approximate surface area is 88.0 Å². The van der Waals surface area contributed by atoms with Gasteiger partial charge in [0.2, 0.25) is 0 Å². The van der Waals surface area contributed by atoms with Gasteiger partial charge in [0.1, 0.15) is 5.82 Å². The lowest BCUT2D eigenvalue weighted by molar-refractivity contribution is 0.653. The van der Waals surface area contributed by atoms with Crippen LogP contribution in [0, 0.1) is 6.92 Å². The SMILES string of the molecule is CCn1cc(-c2cnc(N)cn2)c(C)n1. The van der Waals surface area contributed by atoms with Crippen molar-refractivity contribution >= 4 is 5.82 Å². The average molecular weight is 203 g/mol. The second kappa shape index (κ2) is 3.68. The third-order valence-corrected chi connectivity index (χ3v) is 2.22. The molecule has 0 fully saturated rings. The topological polar surface area (TPSA) is 69.6 Å². The van der Waals surface area contributed by atoms with Gasteiger partial charge in [-0.3, -0.25) is 9.67 Å². The van der Waals surface area contributed by atoms with Crippen molar-refractivity contribution in [3.63, 3.8) is 0 Å². The minimum atomic E-state index is 0.430. The molecule has 0 aliphatic carbocycles. The smallest absolute Gasteiger partial charge is 0.141 e. The zero-order valence-electron chi connectivity index (χ0n) is 8.81. The van der Waals surface area contributed by atoms with E-state index in [1.54, 1.807) is 12.4 Å². The van der Waals surface area contributed by atoms with Crippen LogP contribution >= 0.6 is 0 Å². The number of anilines is 1. The van der Waals surface area contributed by atoms with Gasteiger partial charge < -0.3 is 5.73 Å². The third-order valence-electron chi connectivity index (χ3n) is 2.22. The fourth-order valence-electron chi connectivity index (χ4n) is 1.41. The first-order valence-electron chi connectivity index (χ1n) is 4.82. The van der Waals surface area contributed by atoms with Crippen molar-refractivity contribution in [1.29, 1.82) is 0 Å². The van der Waals surface area contributed by atoms with Crippen LogP contribution in [0.2, 0.25) is 0 Å². The Bertz CT molecular complexity index is 457. The molecule has 0 saturated heterocycles. The van der Waals surface area contributed by atoms with Crippen molar-refractivity contribution < 1.29 is 0 Å². The van der Waals surface area contributed by atoms with E-state index in [1.807, 2.05) is 24.7 Å². The molecule has 2 heterocycles. The second-order valence-corrected chi connectivity index (χ2v) is 3.31. The number of aromatic nitrogens is 4. The first kappa shape index (κ1) is 9.64. The van der Waals surface area contributed by atoms with Gasteiger partial charge in [-0.25, -0.2) is 4.98 Å². The highest BCUT2D eigenvalue weighted by Gasteiger charge is 2.07. The van der Waals surface area contributed by atoms with Crippen molar-refractivity contribution in [2.45, 2.75) is 20.4 Å². The lowest BCUT2D eigenvalue weighted by Crippen LogP contribution is -1.93. The van der Waals surface area contributed by atoms with Crippen LogP contribution < -0.4 is 5.73 Å². The van der Waals surface area contributed by atoms with Crippen molar-refractivity contribution in [1.82, 2.24) is 19.7 Å². The molecule has 0 amide bonds. The van der Waals surface area contributed by atoms with Gasteiger partial charge in [0.15, 0.2) is 0 Å². The van der Waals surface area contributed by atoms with Gasteiger partial charge in [-0.15, -0.1) is 0 Å². The second-order valence-electron chi connectivity index (χ2n) is 3.31. The fourth-order valence-corrected chi connectivity index (χ4v) is 1.41. The van der Waals surface area contributed by atoms with E-state index < -0.39 is 0 Å². The Balaban J connectivity index is 2.44. The summed E-state index contributed by atoms with van der Waals surface area (Å²) in [5, 5.41) is 4.35. The maximum absolute atomic E-state index is 5.48. The number of aryl methyl sites for hydroxylation is 2. The summed E-state index contributed by atoms with van der Waals surface area (Å²) in [5.74, 6) is 0.430. The summed E-state index contributed by atoms with van der Waals surface area (Å²) >= 11 is 0. The molecule has 0 aliphatic heterocycles. The quantitative estimate of drug-likeness (QED) is 0.797. The minimum absolute atomic E-state index is 0.430. The van der Waals surface area contributed by atoms with Crippen LogP contribution in [0.1, 0.15) is 12.6 Å². The summed E-state index contributed by atoms with van der Waals surface area (Å²) in [5.41, 5.74) is 8.25. The van der Waals surface area contributed by atoms with Gasteiger partial charge in [0, 0.05) is 18.3 Å². The molecule has 0 spiro atoms. The van der Waals surface area contributed by atoms with E-state index in [0.717, 1.165) is 23.5 Å². The molecule has 0 aliphatic rings. The Morgan fingerprint density at radius 3 is 2.67 bits per heavy atom. The van der Waals surface area contributed by atoms with Gasteiger partial charge in [-0.1, -0.05) is 0 Å². The van der Waals surface area contributed by atoms with Crippen molar-refractivity contribution in [2.75, 3.05) is 5.73 Å². The van der Waals surface area contributed by atoms with Crippen LogP contribution in [0.15, 0.2) is 18.6 Å². The molecule has 0 atom stereocenters. The minimum Gasteiger partial charge on any atom is -0.382 e. The van der Waals surface area contributed by atoms with Crippen molar-refractivity contribution in [3.8, 4) is 11.3 Å². The number of hydrogen-bond acceptors (Lipinski definition) is 4. The maximum Gasteiger partial charge on any atom is 0.141 e. The molecular formula is C10H13N5. The highest BCUT2D eigenvalue weighted by atomic mass is 15.3. The van der Waals surface area contributed by atoms with E-state index >= 15 is 0 Å². The van der Waals surface area contributed by atoms with Gasteiger partial charge in [-0.05, 0) is 13.8 Å². The normalized spacial score (nSPS) is 10.5. The Kier molecular flexibility index (Phi) is 2.37. The van der Waals surface area contributed by atoms with E-state index in [1.165, 1.54) is 0 Å². The third kappa shape index (κ3) is 1.81. The maximum atomic E-state index is 5.48. The standard InChI is InChI=1S/C10H13N5/c1-3-15-6-8(7(2)14-15)9-4-13-10(11)5-12-9/h4-6H,3H2,1-2H3,(H2,11,13). The number of hydrogen-bond donors (Lipinski definition) is 1. The number of nitrogen functional groups attached to an aromatic ring is 1. The van der Waals surface area contributed by atoms with Crippen molar-refractivity contribution in [3.05, 3.63) is 24.3 Å². The molecule has 2 aromatic rings. The first-order valence-corrected chi connectivity index (χ1v) is 4.82. The van der Waals surface area contributed by atoms with E-state index in [4.69, 9.17) is 5.73 Å². The van der Waals surface area contributed by atoms with Crippen LogP contribution in [0.25, 0.3) is 11.3 Å². The highest BCUT2D eigenvalue weighted by molar-refractivity contribution is 5.60. The highest BCUT2D eigenvalue weighted by Crippen LogP contribution is 2.19. The largest absolute Gasteiger partial charge is 0.382 e. The molecule has 15 heavy (non-hydrogen) atoms. The van der Waals surface area contributed by atoms with Gasteiger partial charge in [-0.2, -0.15) is 5.10 Å². The van der Waals surface area contributed by atoms with Crippen molar-refractivity contribution in [2.24, 2.45) is 0 Å². The summed E-state index contributed by atoms with van der Waals surface area (Å²) in [7, 11) is 0. The fraction of sp³-hybridized carbons (Fsp3) is 0.300. The number of rotatable bonds is 2. The van der Waals surface area contributed by atoms with Crippen LogP contribution in [-0.4, -0.2) is 19.7 Å². The Morgan fingerprint density at radius 2 is 2.13 bits per heavy atom. The zero-order chi connectivity index (χ0) is 10.8. The molecule has 2 rings (SSSR count). The van der Waals surface area contributed by atoms with Crippen LogP contribution in [-0.2, 0) is 6.54 Å². The average Bonchev–Trinajstić information content (AvgIpc) is 2.61. The molecule has 2 aromatic heterocycles. The summed E-state index contributed by atoms with van der Waals surface area (Å²) in [4.78, 5) is 8.23. The molecule has 5 nitrogen and oxygen atoms in total. The van der Waals surface area contributed by atoms with Gasteiger partial charge in [0.25, 0.3) is 0 Å². The monoisotopic (exact) mass is 203 g/mol. The summed E-state index contributed by atoms with van der Waals surface area (Å²) in [6, 6.07) is 0. The van der Waals surface area contributed by atoms with Crippen LogP contribution in [0.3, 0.4) is 0 Å². The Hall–Kier alpha value is -1.91. The summed E-state index contributed by atoms with van der Waals surface area (Å²) in [6.45, 7) is 4.85. The lowest BCUT2D eigenvalue weighted by atomic mass is 10.2. The first-order chi connectivity index (χ1) is 7.20. The molecule has 0 aromatic carbocycles. The molecule has 0 saturated carbocycles. The summed E-state index contributed by atoms with van der Waals surface area (Å²) in [6.07, 6.45) is 5.19. The lowest BCUT2D eigenvalue weighted by Gasteiger charge is -1.97. The predicted molar refractivity (Wildman–Crippen MR) is 58.1 cm³/mol. The van der Waals surface area contributed by atoms with Crippen LogP contribution in [0.4, 0.5) is 5.82 Å². The van der Waals surface area contributed by atoms with Gasteiger partial charge in [0.05, 0.1) is 23.8 Å². The molecule has 5 heteroatoms. The summed E-state index contributed by atoms with van der Waals surface area (Å²) < 4.78 is 1.88. The molecule has 78 valence electrons. The zero-order valence-corrected chi connectivity index (χ0v) is 8.81. The number of nitrogens with zero attached hydrogens (tertiary/aromatic N) is 4. The van der Waals surface area contributed by atoms with Crippen LogP contribution in [0.5, 0.6) is 0 Å². The Morgan fingerprint density at radius 1 is 1.33 bits per heavy atom. The predicted octanol–water partition coefficient (Wildman–Crippen LogP) is 1.25. The molecule has 0 radical (unpaired) electrons. The number of nitrogens with two attached hydrogens (primary N) is 1. The van der Waals surface area contributed by atoms with E-state index in [0.29, 0.717) is 5.82 Å². The molecule has 0 unspecified atom stereocenters. The van der Waals surface area contributed by atoms with Gasteiger partial charge >= 0.3 is 0 Å². The van der Waals surface area contributed by atoms with E-state index in [2.05, 4.69) is 15.1 Å². The molecule has 2 N–H and O–H groups in total. The van der Waals surface area contributed by atoms with E-state index in [-0.39, 0.29) is 0 Å².